The maximum Gasteiger partial charge on any atom is 0.419 e. The highest BCUT2D eigenvalue weighted by Gasteiger charge is 2.35. The van der Waals surface area contributed by atoms with Crippen molar-refractivity contribution < 1.29 is 26.9 Å². The van der Waals surface area contributed by atoms with Crippen LogP contribution in [0.1, 0.15) is 21.7 Å². The highest BCUT2D eigenvalue weighted by Crippen LogP contribution is 2.32. The van der Waals surface area contributed by atoms with Gasteiger partial charge < -0.3 is 9.84 Å². The second kappa shape index (κ2) is 5.27. The average Bonchev–Trinajstić information content (AvgIpc) is 2.88. The van der Waals surface area contributed by atoms with E-state index in [9.17, 15) is 22.4 Å². The summed E-state index contributed by atoms with van der Waals surface area (Å²) in [4.78, 5) is 15.2. The Morgan fingerprint density at radius 1 is 1.35 bits per heavy atom. The largest absolute Gasteiger partial charge is 0.419 e. The van der Waals surface area contributed by atoms with E-state index < -0.39 is 29.0 Å². The van der Waals surface area contributed by atoms with E-state index in [0.29, 0.717) is 6.07 Å². The Morgan fingerprint density at radius 2 is 2.10 bits per heavy atom. The van der Waals surface area contributed by atoms with Gasteiger partial charge in [0.2, 0.25) is 6.39 Å². The minimum absolute atomic E-state index is 0.116. The summed E-state index contributed by atoms with van der Waals surface area (Å²) >= 11 is 0. The van der Waals surface area contributed by atoms with Crippen LogP contribution >= 0.6 is 0 Å². The summed E-state index contributed by atoms with van der Waals surface area (Å²) in [7, 11) is 0. The van der Waals surface area contributed by atoms with Crippen LogP contribution in [-0.4, -0.2) is 16.0 Å². The SMILES string of the molecule is O=C(NCc1ncon1)c1cccc(C(F)(F)F)c1F. The molecule has 1 amide bonds. The van der Waals surface area contributed by atoms with Gasteiger partial charge in [-0.1, -0.05) is 11.2 Å². The Labute approximate surface area is 109 Å². The van der Waals surface area contributed by atoms with Crippen LogP contribution in [0.3, 0.4) is 0 Å². The molecule has 5 nitrogen and oxygen atoms in total. The van der Waals surface area contributed by atoms with Gasteiger partial charge in [-0.2, -0.15) is 18.2 Å². The van der Waals surface area contributed by atoms with E-state index in [0.717, 1.165) is 18.5 Å². The van der Waals surface area contributed by atoms with Crippen molar-refractivity contribution in [3.05, 3.63) is 47.4 Å². The van der Waals surface area contributed by atoms with Crippen molar-refractivity contribution in [1.29, 1.82) is 0 Å². The first kappa shape index (κ1) is 14.0. The van der Waals surface area contributed by atoms with Crippen LogP contribution in [0.5, 0.6) is 0 Å². The summed E-state index contributed by atoms with van der Waals surface area (Å²) in [5.74, 6) is -2.50. The number of halogens is 4. The third kappa shape index (κ3) is 2.92. The van der Waals surface area contributed by atoms with Crippen LogP contribution in [0.25, 0.3) is 0 Å². The molecule has 9 heteroatoms. The van der Waals surface area contributed by atoms with Gasteiger partial charge in [-0.25, -0.2) is 4.39 Å². The van der Waals surface area contributed by atoms with E-state index in [1.165, 1.54) is 0 Å². The number of hydrogen-bond acceptors (Lipinski definition) is 4. The number of amides is 1. The van der Waals surface area contributed by atoms with Crippen LogP contribution in [0.15, 0.2) is 29.1 Å². The van der Waals surface area contributed by atoms with Crippen molar-refractivity contribution in [1.82, 2.24) is 15.5 Å². The number of aromatic nitrogens is 2. The molecule has 0 radical (unpaired) electrons. The first-order chi connectivity index (χ1) is 9.39. The molecule has 0 unspecified atom stereocenters. The van der Waals surface area contributed by atoms with Gasteiger partial charge in [0.05, 0.1) is 17.7 Å². The fourth-order valence-corrected chi connectivity index (χ4v) is 1.45. The Balaban J connectivity index is 2.18. The number of nitrogens with zero attached hydrogens (tertiary/aromatic N) is 2. The predicted octanol–water partition coefficient (Wildman–Crippen LogP) is 2.16. The van der Waals surface area contributed by atoms with E-state index in [1.54, 1.807) is 0 Å². The van der Waals surface area contributed by atoms with Crippen LogP contribution in [0, 0.1) is 5.82 Å². The van der Waals surface area contributed by atoms with E-state index >= 15 is 0 Å². The average molecular weight is 289 g/mol. The standard InChI is InChI=1S/C11H7F4N3O2/c12-9-6(2-1-3-7(9)11(13,14)15)10(19)16-4-8-17-5-20-18-8/h1-3,5H,4H2,(H,16,19). The van der Waals surface area contributed by atoms with Crippen molar-refractivity contribution in [3.63, 3.8) is 0 Å². The number of hydrogen-bond donors (Lipinski definition) is 1. The first-order valence-corrected chi connectivity index (χ1v) is 5.28. The number of alkyl halides is 3. The topological polar surface area (TPSA) is 68.0 Å². The quantitative estimate of drug-likeness (QED) is 0.879. The summed E-state index contributed by atoms with van der Waals surface area (Å²) in [5, 5.41) is 5.58. The lowest BCUT2D eigenvalue weighted by atomic mass is 10.1. The lowest BCUT2D eigenvalue weighted by Gasteiger charge is -2.10. The lowest BCUT2D eigenvalue weighted by molar-refractivity contribution is -0.140. The van der Waals surface area contributed by atoms with Gasteiger partial charge in [0, 0.05) is 0 Å². The molecule has 0 bridgehead atoms. The van der Waals surface area contributed by atoms with E-state index in [-0.39, 0.29) is 12.4 Å². The number of rotatable bonds is 3. The molecule has 106 valence electrons. The molecule has 2 rings (SSSR count). The molecular formula is C11H7F4N3O2. The molecular weight excluding hydrogens is 282 g/mol. The third-order valence-electron chi connectivity index (χ3n) is 2.36. The maximum atomic E-state index is 13.7. The van der Waals surface area contributed by atoms with Gasteiger partial charge in [0.1, 0.15) is 5.82 Å². The Morgan fingerprint density at radius 3 is 2.70 bits per heavy atom. The van der Waals surface area contributed by atoms with Gasteiger partial charge in [-0.05, 0) is 12.1 Å². The molecule has 0 aliphatic carbocycles. The summed E-state index contributed by atoms with van der Waals surface area (Å²) in [6.07, 6.45) is -3.85. The van der Waals surface area contributed by atoms with Gasteiger partial charge in [-0.15, -0.1) is 0 Å². The molecule has 0 aliphatic heterocycles. The zero-order chi connectivity index (χ0) is 14.8. The highest BCUT2D eigenvalue weighted by atomic mass is 19.4. The van der Waals surface area contributed by atoms with Crippen molar-refractivity contribution in [2.45, 2.75) is 12.7 Å². The molecule has 0 fully saturated rings. The molecule has 0 saturated heterocycles. The van der Waals surface area contributed by atoms with Crippen LogP contribution in [-0.2, 0) is 12.7 Å². The zero-order valence-electron chi connectivity index (χ0n) is 9.74. The van der Waals surface area contributed by atoms with E-state index in [1.807, 2.05) is 0 Å². The maximum absolute atomic E-state index is 13.7. The Bertz CT molecular complexity index is 611. The zero-order valence-corrected chi connectivity index (χ0v) is 9.74. The smallest absolute Gasteiger partial charge is 0.345 e. The third-order valence-corrected chi connectivity index (χ3v) is 2.36. The molecule has 0 saturated carbocycles. The number of nitrogens with one attached hydrogen (secondary N) is 1. The number of benzene rings is 1. The van der Waals surface area contributed by atoms with Crippen molar-refractivity contribution in [3.8, 4) is 0 Å². The van der Waals surface area contributed by atoms with E-state index in [4.69, 9.17) is 0 Å². The molecule has 0 atom stereocenters. The fourth-order valence-electron chi connectivity index (χ4n) is 1.45. The lowest BCUT2D eigenvalue weighted by Crippen LogP contribution is -2.25. The summed E-state index contributed by atoms with van der Waals surface area (Å²) < 4.78 is 55.6. The summed E-state index contributed by atoms with van der Waals surface area (Å²) in [6.45, 7) is -0.189. The molecule has 1 aromatic carbocycles. The van der Waals surface area contributed by atoms with Gasteiger partial charge in [0.15, 0.2) is 5.82 Å². The van der Waals surface area contributed by atoms with E-state index in [2.05, 4.69) is 20.0 Å². The van der Waals surface area contributed by atoms with Gasteiger partial charge in [-0.3, -0.25) is 4.79 Å². The molecule has 0 spiro atoms. The summed E-state index contributed by atoms with van der Waals surface area (Å²) in [5.41, 5.74) is -2.20. The molecule has 2 aromatic rings. The molecule has 20 heavy (non-hydrogen) atoms. The first-order valence-electron chi connectivity index (χ1n) is 5.28. The summed E-state index contributed by atoms with van der Waals surface area (Å²) in [6, 6.07) is 2.47. The molecule has 1 heterocycles. The van der Waals surface area contributed by atoms with Crippen molar-refractivity contribution in [2.24, 2.45) is 0 Å². The second-order valence-corrected chi connectivity index (χ2v) is 3.69. The van der Waals surface area contributed by atoms with Crippen LogP contribution < -0.4 is 5.32 Å². The van der Waals surface area contributed by atoms with Crippen LogP contribution in [0.2, 0.25) is 0 Å². The normalized spacial score (nSPS) is 11.4. The number of carbonyl (C=O) groups is 1. The van der Waals surface area contributed by atoms with Gasteiger partial charge in [0.25, 0.3) is 5.91 Å². The Hall–Kier alpha value is -2.45. The monoisotopic (exact) mass is 289 g/mol. The number of carbonyl (C=O) groups excluding carboxylic acids is 1. The minimum atomic E-state index is -4.87. The Kier molecular flexibility index (Phi) is 3.68. The predicted molar refractivity (Wildman–Crippen MR) is 56.9 cm³/mol. The second-order valence-electron chi connectivity index (χ2n) is 3.69. The van der Waals surface area contributed by atoms with Crippen LogP contribution in [0.4, 0.5) is 17.6 Å². The molecule has 1 aromatic heterocycles. The van der Waals surface area contributed by atoms with Crippen molar-refractivity contribution in [2.75, 3.05) is 0 Å². The van der Waals surface area contributed by atoms with Gasteiger partial charge >= 0.3 is 6.18 Å². The fraction of sp³-hybridized carbons (Fsp3) is 0.182. The highest BCUT2D eigenvalue weighted by molar-refractivity contribution is 5.94. The molecule has 0 aliphatic rings. The minimum Gasteiger partial charge on any atom is -0.345 e. The van der Waals surface area contributed by atoms with Crippen molar-refractivity contribution >= 4 is 5.91 Å². The molecule has 1 N–H and O–H groups in total.